The molecular formula is C26H25FN2O2. The van der Waals surface area contributed by atoms with Crippen molar-refractivity contribution in [2.24, 2.45) is 0 Å². The molecule has 0 spiro atoms. The van der Waals surface area contributed by atoms with E-state index in [1.54, 1.807) is 29.2 Å². The second-order valence-electron chi connectivity index (χ2n) is 7.27. The van der Waals surface area contributed by atoms with Gasteiger partial charge in [0.25, 0.3) is 5.91 Å². The third kappa shape index (κ3) is 5.89. The summed E-state index contributed by atoms with van der Waals surface area (Å²) in [6.45, 7) is 6.17. The van der Waals surface area contributed by atoms with Crippen LogP contribution in [0.4, 0.5) is 10.1 Å². The Morgan fingerprint density at radius 2 is 1.74 bits per heavy atom. The first-order valence-corrected chi connectivity index (χ1v) is 10.1. The van der Waals surface area contributed by atoms with Crippen molar-refractivity contribution in [3.63, 3.8) is 0 Å². The summed E-state index contributed by atoms with van der Waals surface area (Å²) in [5, 5.41) is 2.76. The van der Waals surface area contributed by atoms with Crippen LogP contribution in [0.3, 0.4) is 0 Å². The molecule has 0 aliphatic carbocycles. The third-order valence-corrected chi connectivity index (χ3v) is 4.91. The van der Waals surface area contributed by atoms with Gasteiger partial charge in [-0.25, -0.2) is 4.39 Å². The Hall–Kier alpha value is -3.73. The van der Waals surface area contributed by atoms with Gasteiger partial charge in [0.2, 0.25) is 5.91 Å². The van der Waals surface area contributed by atoms with Gasteiger partial charge in [-0.1, -0.05) is 48.5 Å². The minimum absolute atomic E-state index is 0.118. The van der Waals surface area contributed by atoms with Crippen molar-refractivity contribution in [1.82, 2.24) is 5.32 Å². The number of carbonyl (C=O) groups is 2. The highest BCUT2D eigenvalue weighted by atomic mass is 19.1. The van der Waals surface area contributed by atoms with Crippen molar-refractivity contribution < 1.29 is 14.0 Å². The van der Waals surface area contributed by atoms with E-state index in [0.29, 0.717) is 17.8 Å². The predicted octanol–water partition coefficient (Wildman–Crippen LogP) is 4.83. The van der Waals surface area contributed by atoms with Gasteiger partial charge in [0, 0.05) is 17.8 Å². The van der Waals surface area contributed by atoms with Gasteiger partial charge >= 0.3 is 0 Å². The standard InChI is InChI=1S/C26H25FN2O2/c1-3-15-28-25(30)17-21-8-6-9-23(16-21)29(18-20-11-13-22(27)14-12-20)26(31)24-10-5-4-7-19(24)2/h3-14,16H,1,15,17-18H2,2H3,(H,28,30). The molecule has 0 saturated carbocycles. The average molecular weight is 416 g/mol. The number of halogens is 1. The van der Waals surface area contributed by atoms with Crippen LogP contribution in [0.1, 0.15) is 27.0 Å². The van der Waals surface area contributed by atoms with Crippen LogP contribution >= 0.6 is 0 Å². The Bertz CT molecular complexity index is 1080. The smallest absolute Gasteiger partial charge is 0.258 e. The molecule has 0 heterocycles. The minimum atomic E-state index is -0.326. The highest BCUT2D eigenvalue weighted by Gasteiger charge is 2.20. The number of nitrogens with one attached hydrogen (secondary N) is 1. The molecule has 0 bridgehead atoms. The minimum Gasteiger partial charge on any atom is -0.352 e. The first-order chi connectivity index (χ1) is 15.0. The van der Waals surface area contributed by atoms with E-state index in [-0.39, 0.29) is 30.6 Å². The molecule has 0 unspecified atom stereocenters. The Kier molecular flexibility index (Phi) is 7.33. The zero-order chi connectivity index (χ0) is 22.2. The van der Waals surface area contributed by atoms with Crippen molar-refractivity contribution in [3.8, 4) is 0 Å². The lowest BCUT2D eigenvalue weighted by atomic mass is 10.1. The van der Waals surface area contributed by atoms with E-state index < -0.39 is 0 Å². The maximum atomic E-state index is 13.5. The van der Waals surface area contributed by atoms with E-state index in [9.17, 15) is 14.0 Å². The fourth-order valence-electron chi connectivity index (χ4n) is 3.28. The van der Waals surface area contributed by atoms with E-state index in [0.717, 1.165) is 16.7 Å². The molecule has 0 fully saturated rings. The summed E-state index contributed by atoms with van der Waals surface area (Å²) in [6, 6.07) is 20.9. The Labute approximate surface area is 182 Å². The zero-order valence-electron chi connectivity index (χ0n) is 17.5. The first-order valence-electron chi connectivity index (χ1n) is 10.1. The van der Waals surface area contributed by atoms with Gasteiger partial charge in [-0.05, 0) is 53.9 Å². The van der Waals surface area contributed by atoms with Crippen molar-refractivity contribution in [2.45, 2.75) is 19.9 Å². The van der Waals surface area contributed by atoms with Crippen LogP contribution in [0.5, 0.6) is 0 Å². The number of benzene rings is 3. The number of aryl methyl sites for hydroxylation is 1. The van der Waals surface area contributed by atoms with E-state index in [1.165, 1.54) is 12.1 Å². The summed E-state index contributed by atoms with van der Waals surface area (Å²) in [5.74, 6) is -0.601. The number of hydrogen-bond donors (Lipinski definition) is 1. The second kappa shape index (κ2) is 10.3. The van der Waals surface area contributed by atoms with Crippen LogP contribution < -0.4 is 10.2 Å². The number of hydrogen-bond acceptors (Lipinski definition) is 2. The van der Waals surface area contributed by atoms with E-state index >= 15 is 0 Å². The monoisotopic (exact) mass is 416 g/mol. The second-order valence-corrected chi connectivity index (χ2v) is 7.27. The molecule has 4 nitrogen and oxygen atoms in total. The molecule has 3 rings (SSSR count). The molecule has 3 aromatic rings. The van der Waals surface area contributed by atoms with E-state index in [1.807, 2.05) is 49.4 Å². The summed E-state index contributed by atoms with van der Waals surface area (Å²) in [6.07, 6.45) is 1.82. The number of carbonyl (C=O) groups excluding carboxylic acids is 2. The summed E-state index contributed by atoms with van der Waals surface area (Å²) >= 11 is 0. The molecule has 0 saturated heterocycles. The Balaban J connectivity index is 1.94. The quantitative estimate of drug-likeness (QED) is 0.535. The lowest BCUT2D eigenvalue weighted by Crippen LogP contribution is -2.31. The molecule has 0 aliphatic rings. The first kappa shape index (κ1) is 22.0. The maximum Gasteiger partial charge on any atom is 0.258 e. The highest BCUT2D eigenvalue weighted by molar-refractivity contribution is 6.07. The number of amides is 2. The van der Waals surface area contributed by atoms with E-state index in [4.69, 9.17) is 0 Å². The van der Waals surface area contributed by atoms with Crippen LogP contribution in [-0.4, -0.2) is 18.4 Å². The normalized spacial score (nSPS) is 10.4. The molecule has 3 aromatic carbocycles. The number of nitrogens with zero attached hydrogens (tertiary/aromatic N) is 1. The lowest BCUT2D eigenvalue weighted by molar-refractivity contribution is -0.120. The van der Waals surface area contributed by atoms with Crippen LogP contribution in [-0.2, 0) is 17.8 Å². The predicted molar refractivity (Wildman–Crippen MR) is 121 cm³/mol. The van der Waals surface area contributed by atoms with Crippen LogP contribution in [0.2, 0.25) is 0 Å². The van der Waals surface area contributed by atoms with Crippen molar-refractivity contribution in [3.05, 3.63) is 114 Å². The van der Waals surface area contributed by atoms with Gasteiger partial charge in [0.1, 0.15) is 5.82 Å². The Morgan fingerprint density at radius 3 is 2.45 bits per heavy atom. The van der Waals surface area contributed by atoms with Gasteiger partial charge in [-0.2, -0.15) is 0 Å². The summed E-state index contributed by atoms with van der Waals surface area (Å²) < 4.78 is 13.4. The summed E-state index contributed by atoms with van der Waals surface area (Å²) in [4.78, 5) is 27.2. The van der Waals surface area contributed by atoms with Gasteiger partial charge in [0.05, 0.1) is 13.0 Å². The molecule has 0 aromatic heterocycles. The van der Waals surface area contributed by atoms with Gasteiger partial charge in [-0.15, -0.1) is 6.58 Å². The molecule has 31 heavy (non-hydrogen) atoms. The summed E-state index contributed by atoms with van der Waals surface area (Å²) in [7, 11) is 0. The van der Waals surface area contributed by atoms with Crippen LogP contribution in [0.25, 0.3) is 0 Å². The lowest BCUT2D eigenvalue weighted by Gasteiger charge is -2.24. The molecule has 5 heteroatoms. The largest absolute Gasteiger partial charge is 0.352 e. The van der Waals surface area contributed by atoms with E-state index in [2.05, 4.69) is 11.9 Å². The SMILES string of the molecule is C=CCNC(=O)Cc1cccc(N(Cc2ccc(F)cc2)C(=O)c2ccccc2C)c1. The van der Waals surface area contributed by atoms with Crippen molar-refractivity contribution in [2.75, 3.05) is 11.4 Å². The molecule has 2 amide bonds. The molecule has 0 aliphatic heterocycles. The van der Waals surface area contributed by atoms with Crippen LogP contribution in [0.15, 0.2) is 85.5 Å². The molecule has 0 radical (unpaired) electrons. The molecule has 1 N–H and O–H groups in total. The topological polar surface area (TPSA) is 49.4 Å². The molecule has 158 valence electrons. The number of anilines is 1. The van der Waals surface area contributed by atoms with Gasteiger partial charge in [0.15, 0.2) is 0 Å². The number of rotatable bonds is 8. The maximum absolute atomic E-state index is 13.5. The van der Waals surface area contributed by atoms with Gasteiger partial charge < -0.3 is 10.2 Å². The van der Waals surface area contributed by atoms with Gasteiger partial charge in [-0.3, -0.25) is 9.59 Å². The fourth-order valence-corrected chi connectivity index (χ4v) is 3.28. The Morgan fingerprint density at radius 1 is 1.00 bits per heavy atom. The molecular weight excluding hydrogens is 391 g/mol. The van der Waals surface area contributed by atoms with Crippen molar-refractivity contribution >= 4 is 17.5 Å². The highest BCUT2D eigenvalue weighted by Crippen LogP contribution is 2.23. The average Bonchev–Trinajstić information content (AvgIpc) is 2.77. The third-order valence-electron chi connectivity index (χ3n) is 4.91. The molecule has 0 atom stereocenters. The zero-order valence-corrected chi connectivity index (χ0v) is 17.5. The van der Waals surface area contributed by atoms with Crippen molar-refractivity contribution in [1.29, 1.82) is 0 Å². The fraction of sp³-hybridized carbons (Fsp3) is 0.154. The van der Waals surface area contributed by atoms with Crippen LogP contribution in [0, 0.1) is 12.7 Å². The summed E-state index contributed by atoms with van der Waals surface area (Å²) in [5.41, 5.74) is 3.74.